The first kappa shape index (κ1) is 10.6. The molecule has 2 aromatic rings. The van der Waals surface area contributed by atoms with E-state index in [-0.39, 0.29) is 5.43 Å². The third-order valence-corrected chi connectivity index (χ3v) is 2.63. The van der Waals surface area contributed by atoms with Gasteiger partial charge in [-0.25, -0.2) is 0 Å². The molecule has 1 aromatic carbocycles. The average Bonchev–Trinajstić information content (AvgIpc) is 2.33. The molecule has 0 aliphatic rings. The highest BCUT2D eigenvalue weighted by molar-refractivity contribution is 8.03. The monoisotopic (exact) mass is 227 g/mol. The van der Waals surface area contributed by atoms with Gasteiger partial charge in [0.05, 0.1) is 5.56 Å². The molecule has 1 aromatic heterocycles. The molecule has 0 unspecified atom stereocenters. The molecule has 2 rings (SSSR count). The van der Waals surface area contributed by atoms with Crippen molar-refractivity contribution in [3.63, 3.8) is 0 Å². The Morgan fingerprint density at radius 1 is 1.12 bits per heavy atom. The molecule has 0 saturated carbocycles. The maximum Gasteiger partial charge on any atom is 0.197 e. The van der Waals surface area contributed by atoms with Crippen molar-refractivity contribution in [1.82, 2.24) is 4.98 Å². The van der Waals surface area contributed by atoms with Crippen LogP contribution in [0.15, 0.2) is 58.5 Å². The van der Waals surface area contributed by atoms with Crippen LogP contribution in [-0.4, -0.2) is 4.98 Å². The molecule has 0 fully saturated rings. The van der Waals surface area contributed by atoms with E-state index >= 15 is 0 Å². The van der Waals surface area contributed by atoms with Gasteiger partial charge in [0.25, 0.3) is 0 Å². The Morgan fingerprint density at radius 3 is 2.69 bits per heavy atom. The lowest BCUT2D eigenvalue weighted by atomic mass is 10.3. The van der Waals surface area contributed by atoms with Crippen LogP contribution in [0.5, 0.6) is 0 Å². The smallest absolute Gasteiger partial charge is 0.197 e. The summed E-state index contributed by atoms with van der Waals surface area (Å²) in [4.78, 5) is 15.2. The van der Waals surface area contributed by atoms with E-state index in [1.165, 1.54) is 17.8 Å². The summed E-state index contributed by atoms with van der Waals surface area (Å²) in [6.45, 7) is 0. The highest BCUT2D eigenvalue weighted by Gasteiger charge is 1.91. The van der Waals surface area contributed by atoms with Gasteiger partial charge in [-0.3, -0.25) is 4.79 Å². The highest BCUT2D eigenvalue weighted by atomic mass is 32.2. The lowest BCUT2D eigenvalue weighted by Crippen LogP contribution is -2.02. The van der Waals surface area contributed by atoms with Gasteiger partial charge in [0.15, 0.2) is 5.43 Å². The summed E-state index contributed by atoms with van der Waals surface area (Å²) in [7, 11) is 0. The highest BCUT2D eigenvalue weighted by Crippen LogP contribution is 2.14. The molecular weight excluding hydrogens is 218 g/mol. The summed E-state index contributed by atoms with van der Waals surface area (Å²) in [5.41, 5.74) is 0.436. The second kappa shape index (κ2) is 5.24. The second-order valence-corrected chi connectivity index (χ2v) is 3.94. The van der Waals surface area contributed by atoms with Crippen LogP contribution in [0.3, 0.4) is 0 Å². The van der Waals surface area contributed by atoms with Crippen molar-refractivity contribution in [3.05, 3.63) is 64.6 Å². The Bertz CT molecular complexity index is 578. The Kier molecular flexibility index (Phi) is 3.47. The fourth-order valence-electron chi connectivity index (χ4n) is 1.14. The zero-order valence-electron chi connectivity index (χ0n) is 8.44. The molecule has 0 atom stereocenters. The average molecular weight is 227 g/mol. The van der Waals surface area contributed by atoms with E-state index in [4.69, 9.17) is 0 Å². The normalized spacial score (nSPS) is 9.25. The van der Waals surface area contributed by atoms with Gasteiger partial charge in [0, 0.05) is 23.4 Å². The van der Waals surface area contributed by atoms with Crippen LogP contribution in [0.1, 0.15) is 5.56 Å². The molecule has 0 bridgehead atoms. The fourth-order valence-corrected chi connectivity index (χ4v) is 1.71. The quantitative estimate of drug-likeness (QED) is 0.599. The minimum absolute atomic E-state index is 0.0556. The Labute approximate surface area is 97.7 Å². The number of benzene rings is 1. The van der Waals surface area contributed by atoms with Crippen LogP contribution in [0, 0.1) is 11.2 Å². The number of aromatic amines is 1. The molecule has 0 aliphatic carbocycles. The molecule has 0 saturated heterocycles. The van der Waals surface area contributed by atoms with Crippen LogP contribution in [-0.2, 0) is 0 Å². The summed E-state index contributed by atoms with van der Waals surface area (Å²) in [6.07, 6.45) is 3.21. The van der Waals surface area contributed by atoms with Crippen molar-refractivity contribution in [2.75, 3.05) is 0 Å². The first-order valence-corrected chi connectivity index (χ1v) is 5.58. The van der Waals surface area contributed by atoms with E-state index in [1.807, 2.05) is 30.3 Å². The van der Waals surface area contributed by atoms with Gasteiger partial charge in [0.1, 0.15) is 0 Å². The summed E-state index contributed by atoms with van der Waals surface area (Å²) >= 11 is 1.41. The fraction of sp³-hybridized carbons (Fsp3) is 0. The van der Waals surface area contributed by atoms with E-state index in [2.05, 4.69) is 16.2 Å². The van der Waals surface area contributed by atoms with Crippen molar-refractivity contribution < 1.29 is 0 Å². The van der Waals surface area contributed by atoms with Crippen LogP contribution in [0.25, 0.3) is 0 Å². The molecule has 78 valence electrons. The lowest BCUT2D eigenvalue weighted by molar-refractivity contribution is 1.29. The van der Waals surface area contributed by atoms with Crippen molar-refractivity contribution in [2.24, 2.45) is 0 Å². The molecule has 0 amide bonds. The first-order valence-electron chi connectivity index (χ1n) is 4.76. The van der Waals surface area contributed by atoms with Crippen molar-refractivity contribution >= 4 is 11.8 Å². The van der Waals surface area contributed by atoms with Crippen LogP contribution >= 0.6 is 11.8 Å². The third-order valence-electron chi connectivity index (χ3n) is 1.92. The molecular formula is C13H9NOS. The lowest BCUT2D eigenvalue weighted by Gasteiger charge is -1.90. The first-order chi connectivity index (χ1) is 7.86. The van der Waals surface area contributed by atoms with E-state index in [0.717, 1.165) is 4.90 Å². The molecule has 16 heavy (non-hydrogen) atoms. The van der Waals surface area contributed by atoms with Gasteiger partial charge < -0.3 is 4.98 Å². The van der Waals surface area contributed by atoms with Gasteiger partial charge in [-0.05, 0) is 35.1 Å². The predicted octanol–water partition coefficient (Wildman–Crippen LogP) is 2.48. The van der Waals surface area contributed by atoms with Crippen LogP contribution < -0.4 is 5.43 Å². The minimum Gasteiger partial charge on any atom is -0.366 e. The number of hydrogen-bond donors (Lipinski definition) is 1. The zero-order valence-corrected chi connectivity index (χ0v) is 9.25. The predicted molar refractivity (Wildman–Crippen MR) is 66.2 cm³/mol. The van der Waals surface area contributed by atoms with E-state index < -0.39 is 0 Å². The van der Waals surface area contributed by atoms with Gasteiger partial charge in [0.2, 0.25) is 0 Å². The topological polar surface area (TPSA) is 32.9 Å². The number of hydrogen-bond acceptors (Lipinski definition) is 2. The largest absolute Gasteiger partial charge is 0.366 e. The van der Waals surface area contributed by atoms with Crippen LogP contribution in [0.2, 0.25) is 0 Å². The Morgan fingerprint density at radius 2 is 1.94 bits per heavy atom. The molecule has 3 heteroatoms. The SMILES string of the molecule is O=c1cc[nH]cc1C#CSc1ccccc1. The zero-order chi connectivity index (χ0) is 11.2. The molecule has 1 N–H and O–H groups in total. The van der Waals surface area contributed by atoms with E-state index in [0.29, 0.717) is 5.56 Å². The molecule has 0 radical (unpaired) electrons. The van der Waals surface area contributed by atoms with Crippen molar-refractivity contribution in [2.45, 2.75) is 4.90 Å². The summed E-state index contributed by atoms with van der Waals surface area (Å²) < 4.78 is 0. The number of rotatable bonds is 1. The number of aromatic nitrogens is 1. The summed E-state index contributed by atoms with van der Waals surface area (Å²) in [5.74, 6) is 2.83. The summed E-state index contributed by atoms with van der Waals surface area (Å²) in [6, 6.07) is 11.3. The number of nitrogens with one attached hydrogen (secondary N) is 1. The van der Waals surface area contributed by atoms with Crippen molar-refractivity contribution in [1.29, 1.82) is 0 Å². The van der Waals surface area contributed by atoms with Gasteiger partial charge in [-0.2, -0.15) is 0 Å². The van der Waals surface area contributed by atoms with E-state index in [1.54, 1.807) is 12.4 Å². The molecule has 1 heterocycles. The molecule has 2 nitrogen and oxygen atoms in total. The van der Waals surface area contributed by atoms with Gasteiger partial charge >= 0.3 is 0 Å². The molecule has 0 aliphatic heterocycles. The van der Waals surface area contributed by atoms with E-state index in [9.17, 15) is 4.79 Å². The minimum atomic E-state index is -0.0556. The third kappa shape index (κ3) is 2.78. The second-order valence-electron chi connectivity index (χ2n) is 3.06. The van der Waals surface area contributed by atoms with Crippen molar-refractivity contribution in [3.8, 4) is 11.2 Å². The maximum absolute atomic E-state index is 11.3. The number of thioether (sulfide) groups is 1. The maximum atomic E-state index is 11.3. The molecule has 0 spiro atoms. The standard InChI is InChI=1S/C13H9NOS/c15-13-6-8-14-10-11(13)7-9-16-12-4-2-1-3-5-12/h1-6,8,10H,(H,14,15). The van der Waals surface area contributed by atoms with Gasteiger partial charge in [-0.15, -0.1) is 0 Å². The van der Waals surface area contributed by atoms with Crippen LogP contribution in [0.4, 0.5) is 0 Å². The number of pyridine rings is 1. The Balaban J connectivity index is 2.13. The van der Waals surface area contributed by atoms with Gasteiger partial charge in [-0.1, -0.05) is 18.2 Å². The Hall–Kier alpha value is -1.92. The number of H-pyrrole nitrogens is 1. The summed E-state index contributed by atoms with van der Waals surface area (Å²) in [5, 5.41) is 2.91.